The van der Waals surface area contributed by atoms with Gasteiger partial charge in [0.15, 0.2) is 0 Å². The normalized spacial score (nSPS) is 26.4. The maximum absolute atomic E-state index is 12.0. The van der Waals surface area contributed by atoms with Crippen LogP contribution >= 0.6 is 12.4 Å². The average molecular weight is 307 g/mol. The van der Waals surface area contributed by atoms with Crippen molar-refractivity contribution < 1.29 is 14.3 Å². The number of amides is 3. The van der Waals surface area contributed by atoms with Gasteiger partial charge < -0.3 is 15.8 Å². The third kappa shape index (κ3) is 3.60. The Kier molecular flexibility index (Phi) is 5.76. The summed E-state index contributed by atoms with van der Waals surface area (Å²) in [4.78, 5) is 27.2. The van der Waals surface area contributed by atoms with Crippen molar-refractivity contribution in [1.82, 2.24) is 15.1 Å². The summed E-state index contributed by atoms with van der Waals surface area (Å²) in [6.07, 6.45) is 0.0493. The summed E-state index contributed by atoms with van der Waals surface area (Å²) < 4.78 is 5.48. The van der Waals surface area contributed by atoms with Crippen LogP contribution in [-0.2, 0) is 9.53 Å². The van der Waals surface area contributed by atoms with Crippen LogP contribution in [0.3, 0.4) is 0 Å². The quantitative estimate of drug-likeness (QED) is 0.677. The Labute approximate surface area is 125 Å². The van der Waals surface area contributed by atoms with Gasteiger partial charge in [0.25, 0.3) is 5.91 Å². The molecule has 0 aromatic rings. The molecule has 2 rings (SSSR count). The Hall–Kier alpha value is -0.890. The van der Waals surface area contributed by atoms with E-state index in [0.29, 0.717) is 26.2 Å². The van der Waals surface area contributed by atoms with Gasteiger partial charge in [-0.15, -0.1) is 12.4 Å². The van der Waals surface area contributed by atoms with Crippen LogP contribution in [0.4, 0.5) is 4.79 Å². The van der Waals surface area contributed by atoms with Crippen LogP contribution in [0.1, 0.15) is 13.8 Å². The minimum absolute atomic E-state index is 0. The van der Waals surface area contributed by atoms with Gasteiger partial charge in [-0.2, -0.15) is 0 Å². The molecule has 0 spiro atoms. The van der Waals surface area contributed by atoms with Crippen molar-refractivity contribution in [2.75, 3.05) is 39.3 Å². The average Bonchev–Trinajstić information content (AvgIpc) is 2.57. The van der Waals surface area contributed by atoms with Gasteiger partial charge in [-0.1, -0.05) is 0 Å². The molecule has 0 aromatic carbocycles. The number of morpholine rings is 1. The van der Waals surface area contributed by atoms with Crippen molar-refractivity contribution in [2.45, 2.75) is 25.5 Å². The monoisotopic (exact) mass is 306 g/mol. The molecule has 3 N–H and O–H groups in total. The van der Waals surface area contributed by atoms with E-state index in [4.69, 9.17) is 10.5 Å². The molecule has 3 amide bonds. The van der Waals surface area contributed by atoms with Crippen LogP contribution in [0, 0.1) is 0 Å². The number of nitrogens with two attached hydrogens (primary N) is 1. The largest absolute Gasteiger partial charge is 0.374 e. The third-order valence-corrected chi connectivity index (χ3v) is 3.57. The molecule has 116 valence electrons. The number of nitrogens with zero attached hydrogens (tertiary/aromatic N) is 2. The second-order valence-electron chi connectivity index (χ2n) is 5.54. The van der Waals surface area contributed by atoms with Gasteiger partial charge in [0.05, 0.1) is 12.7 Å². The van der Waals surface area contributed by atoms with Gasteiger partial charge in [0.1, 0.15) is 5.54 Å². The number of rotatable bonds is 4. The summed E-state index contributed by atoms with van der Waals surface area (Å²) in [5.41, 5.74) is 4.79. The number of nitrogens with one attached hydrogen (secondary N) is 1. The number of urea groups is 1. The molecule has 2 fully saturated rings. The molecule has 2 aliphatic rings. The highest BCUT2D eigenvalue weighted by molar-refractivity contribution is 6.06. The molecule has 0 radical (unpaired) electrons. The van der Waals surface area contributed by atoms with E-state index < -0.39 is 5.54 Å². The topological polar surface area (TPSA) is 87.9 Å². The molecule has 8 heteroatoms. The lowest BCUT2D eigenvalue weighted by Gasteiger charge is -2.32. The van der Waals surface area contributed by atoms with E-state index in [0.717, 1.165) is 13.1 Å². The molecule has 0 aliphatic carbocycles. The number of carbonyl (C=O) groups is 2. The van der Waals surface area contributed by atoms with Crippen LogP contribution in [-0.4, -0.2) is 72.7 Å². The summed E-state index contributed by atoms with van der Waals surface area (Å²) in [6.45, 7) is 7.20. The molecule has 20 heavy (non-hydrogen) atoms. The highest BCUT2D eigenvalue weighted by Crippen LogP contribution is 2.16. The minimum Gasteiger partial charge on any atom is -0.374 e. The Morgan fingerprint density at radius 1 is 1.40 bits per heavy atom. The van der Waals surface area contributed by atoms with Crippen LogP contribution in [0.5, 0.6) is 0 Å². The number of carbonyl (C=O) groups excluding carboxylic acids is 2. The Morgan fingerprint density at radius 2 is 2.10 bits per heavy atom. The third-order valence-electron chi connectivity index (χ3n) is 3.57. The molecule has 7 nitrogen and oxygen atoms in total. The van der Waals surface area contributed by atoms with E-state index in [1.165, 1.54) is 4.90 Å². The molecule has 0 aromatic heterocycles. The molecule has 2 aliphatic heterocycles. The van der Waals surface area contributed by atoms with Gasteiger partial charge in [-0.25, -0.2) is 4.79 Å². The van der Waals surface area contributed by atoms with Crippen LogP contribution < -0.4 is 11.1 Å². The van der Waals surface area contributed by atoms with E-state index in [9.17, 15) is 9.59 Å². The maximum Gasteiger partial charge on any atom is 0.325 e. The number of hydrogen-bond acceptors (Lipinski definition) is 5. The van der Waals surface area contributed by atoms with E-state index in [1.807, 2.05) is 0 Å². The first-order valence-corrected chi connectivity index (χ1v) is 6.62. The Morgan fingerprint density at radius 3 is 2.65 bits per heavy atom. The standard InChI is InChI=1S/C12H22N4O3.ClH/c1-12(2)10(17)16(11(18)14-12)4-3-15-5-6-19-9(7-13)8-15;/h9H,3-8,13H2,1-2H3,(H,14,18);1H. The van der Waals surface area contributed by atoms with Crippen LogP contribution in [0.2, 0.25) is 0 Å². The van der Waals surface area contributed by atoms with Crippen molar-refractivity contribution in [3.05, 3.63) is 0 Å². The van der Waals surface area contributed by atoms with Gasteiger partial charge in [-0.3, -0.25) is 14.6 Å². The van der Waals surface area contributed by atoms with Gasteiger partial charge in [0, 0.05) is 32.7 Å². The molecular formula is C12H23ClN4O3. The molecule has 1 atom stereocenters. The first-order chi connectivity index (χ1) is 8.94. The summed E-state index contributed by atoms with van der Waals surface area (Å²) >= 11 is 0. The van der Waals surface area contributed by atoms with Gasteiger partial charge in [0.2, 0.25) is 0 Å². The van der Waals surface area contributed by atoms with Crippen molar-refractivity contribution in [3.8, 4) is 0 Å². The summed E-state index contributed by atoms with van der Waals surface area (Å²) in [5.74, 6) is -0.166. The molecule has 0 bridgehead atoms. The number of hydrogen-bond donors (Lipinski definition) is 2. The van der Waals surface area contributed by atoms with Gasteiger partial charge >= 0.3 is 6.03 Å². The zero-order chi connectivity index (χ0) is 14.0. The molecular weight excluding hydrogens is 284 g/mol. The number of ether oxygens (including phenoxy) is 1. The fourth-order valence-corrected chi connectivity index (χ4v) is 2.39. The van der Waals surface area contributed by atoms with E-state index in [2.05, 4.69) is 10.2 Å². The van der Waals surface area contributed by atoms with Crippen LogP contribution in [0.25, 0.3) is 0 Å². The molecule has 0 saturated carbocycles. The lowest BCUT2D eigenvalue weighted by molar-refractivity contribution is -0.130. The smallest absolute Gasteiger partial charge is 0.325 e. The molecule has 2 heterocycles. The summed E-state index contributed by atoms with van der Waals surface area (Å²) in [7, 11) is 0. The highest BCUT2D eigenvalue weighted by Gasteiger charge is 2.44. The minimum atomic E-state index is -0.790. The highest BCUT2D eigenvalue weighted by atomic mass is 35.5. The number of halogens is 1. The lowest BCUT2D eigenvalue weighted by atomic mass is 10.1. The zero-order valence-corrected chi connectivity index (χ0v) is 12.7. The maximum atomic E-state index is 12.0. The van der Waals surface area contributed by atoms with Crippen molar-refractivity contribution in [3.63, 3.8) is 0 Å². The van der Waals surface area contributed by atoms with E-state index in [1.54, 1.807) is 13.8 Å². The fraction of sp³-hybridized carbons (Fsp3) is 0.833. The fourth-order valence-electron chi connectivity index (χ4n) is 2.39. The summed E-state index contributed by atoms with van der Waals surface area (Å²) in [5, 5.41) is 2.67. The van der Waals surface area contributed by atoms with E-state index in [-0.39, 0.29) is 30.4 Å². The summed E-state index contributed by atoms with van der Waals surface area (Å²) in [6, 6.07) is -0.307. The Bertz CT molecular complexity index is 378. The number of imide groups is 1. The van der Waals surface area contributed by atoms with Crippen molar-refractivity contribution in [2.24, 2.45) is 5.73 Å². The second kappa shape index (κ2) is 6.71. The second-order valence-corrected chi connectivity index (χ2v) is 5.54. The molecule has 1 unspecified atom stereocenters. The first kappa shape index (κ1) is 17.2. The predicted octanol–water partition coefficient (Wildman–Crippen LogP) is -0.602. The van der Waals surface area contributed by atoms with E-state index >= 15 is 0 Å². The van der Waals surface area contributed by atoms with Crippen molar-refractivity contribution >= 4 is 24.3 Å². The SMILES string of the molecule is CC1(C)NC(=O)N(CCN2CCOC(CN)C2)C1=O.Cl. The van der Waals surface area contributed by atoms with Gasteiger partial charge in [-0.05, 0) is 13.8 Å². The lowest BCUT2D eigenvalue weighted by Crippen LogP contribution is -2.48. The first-order valence-electron chi connectivity index (χ1n) is 6.62. The van der Waals surface area contributed by atoms with Crippen LogP contribution in [0.15, 0.2) is 0 Å². The predicted molar refractivity (Wildman–Crippen MR) is 76.8 cm³/mol. The Balaban J connectivity index is 0.00000200. The van der Waals surface area contributed by atoms with Crippen molar-refractivity contribution in [1.29, 1.82) is 0 Å². The molecule has 2 saturated heterocycles. The zero-order valence-electron chi connectivity index (χ0n) is 11.9.